The van der Waals surface area contributed by atoms with Crippen LogP contribution in [-0.2, 0) is 22.5 Å². The molecule has 1 N–H and O–H groups in total. The van der Waals surface area contributed by atoms with Gasteiger partial charge in [0.15, 0.2) is 0 Å². The average molecular weight is 406 g/mol. The molecule has 2 heterocycles. The van der Waals surface area contributed by atoms with Crippen molar-refractivity contribution in [2.24, 2.45) is 0 Å². The Labute approximate surface area is 175 Å². The third kappa shape index (κ3) is 4.52. The predicted octanol–water partition coefficient (Wildman–Crippen LogP) is 2.18. The van der Waals surface area contributed by atoms with Gasteiger partial charge in [-0.25, -0.2) is 4.98 Å². The van der Waals surface area contributed by atoms with Crippen molar-refractivity contribution >= 4 is 22.8 Å². The van der Waals surface area contributed by atoms with Crippen LogP contribution < -0.4 is 5.32 Å². The number of nitrogens with zero attached hydrogens (tertiary/aromatic N) is 3. The molecular formula is C23H26N4O3. The first-order valence-corrected chi connectivity index (χ1v) is 10.3. The van der Waals surface area contributed by atoms with E-state index >= 15 is 0 Å². The van der Waals surface area contributed by atoms with Gasteiger partial charge < -0.3 is 19.5 Å². The van der Waals surface area contributed by atoms with E-state index in [9.17, 15) is 9.59 Å². The van der Waals surface area contributed by atoms with E-state index in [2.05, 4.69) is 5.32 Å². The number of carbonyl (C=O) groups excluding carboxylic acids is 2. The van der Waals surface area contributed by atoms with Crippen molar-refractivity contribution in [3.05, 3.63) is 65.5 Å². The topological polar surface area (TPSA) is 76.5 Å². The molecule has 2 amide bonds. The molecule has 1 aliphatic heterocycles. The number of benzene rings is 2. The molecule has 0 unspecified atom stereocenters. The van der Waals surface area contributed by atoms with E-state index in [0.29, 0.717) is 44.8 Å². The van der Waals surface area contributed by atoms with E-state index in [1.165, 1.54) is 0 Å². The number of aryl methyl sites for hydroxylation is 1. The molecule has 4 rings (SSSR count). The Morgan fingerprint density at radius 3 is 2.70 bits per heavy atom. The van der Waals surface area contributed by atoms with Crippen LogP contribution in [0.2, 0.25) is 0 Å². The number of morpholine rings is 1. The Bertz CT molecular complexity index is 1050. The van der Waals surface area contributed by atoms with Crippen LogP contribution in [0.15, 0.2) is 48.5 Å². The summed E-state index contributed by atoms with van der Waals surface area (Å²) in [6.45, 7) is 5.04. The minimum atomic E-state index is -0.106. The van der Waals surface area contributed by atoms with Crippen molar-refractivity contribution in [2.75, 3.05) is 32.8 Å². The molecule has 0 bridgehead atoms. The molecule has 0 spiro atoms. The number of carbonyl (C=O) groups is 2. The summed E-state index contributed by atoms with van der Waals surface area (Å²) in [6, 6.07) is 15.3. The highest BCUT2D eigenvalue weighted by Gasteiger charge is 2.20. The van der Waals surface area contributed by atoms with Crippen molar-refractivity contribution in [1.29, 1.82) is 0 Å². The zero-order valence-electron chi connectivity index (χ0n) is 17.1. The van der Waals surface area contributed by atoms with Crippen molar-refractivity contribution in [2.45, 2.75) is 19.9 Å². The van der Waals surface area contributed by atoms with Gasteiger partial charge in [0.25, 0.3) is 5.91 Å². The van der Waals surface area contributed by atoms with Crippen LogP contribution in [0, 0.1) is 6.92 Å². The van der Waals surface area contributed by atoms with Gasteiger partial charge in [0.1, 0.15) is 12.4 Å². The normalized spacial score (nSPS) is 14.1. The highest BCUT2D eigenvalue weighted by Crippen LogP contribution is 2.17. The Morgan fingerprint density at radius 1 is 1.10 bits per heavy atom. The van der Waals surface area contributed by atoms with Gasteiger partial charge in [-0.2, -0.15) is 0 Å². The highest BCUT2D eigenvalue weighted by atomic mass is 16.5. The van der Waals surface area contributed by atoms with Gasteiger partial charge in [-0.1, -0.05) is 29.8 Å². The van der Waals surface area contributed by atoms with Crippen molar-refractivity contribution in [1.82, 2.24) is 19.8 Å². The Hall–Kier alpha value is -3.19. The zero-order valence-corrected chi connectivity index (χ0v) is 17.1. The van der Waals surface area contributed by atoms with Crippen molar-refractivity contribution < 1.29 is 14.3 Å². The van der Waals surface area contributed by atoms with Gasteiger partial charge in [-0.3, -0.25) is 9.59 Å². The minimum Gasteiger partial charge on any atom is -0.378 e. The van der Waals surface area contributed by atoms with Gasteiger partial charge in [-0.15, -0.1) is 0 Å². The van der Waals surface area contributed by atoms with Crippen LogP contribution in [0.1, 0.15) is 21.7 Å². The maximum Gasteiger partial charge on any atom is 0.251 e. The van der Waals surface area contributed by atoms with Crippen LogP contribution in [0.3, 0.4) is 0 Å². The van der Waals surface area contributed by atoms with Crippen molar-refractivity contribution in [3.63, 3.8) is 0 Å². The van der Waals surface area contributed by atoms with Crippen LogP contribution in [0.4, 0.5) is 0 Å². The van der Waals surface area contributed by atoms with E-state index in [-0.39, 0.29) is 18.4 Å². The molecule has 30 heavy (non-hydrogen) atoms. The highest BCUT2D eigenvalue weighted by molar-refractivity contribution is 5.94. The standard InChI is InChI=1S/C23H26N4O3/c1-17-5-4-6-18(15-17)23(29)24-10-9-21-25-19-7-2-3-8-20(19)27(21)16-22(28)26-11-13-30-14-12-26/h2-8,15H,9-14,16H2,1H3,(H,24,29). The summed E-state index contributed by atoms with van der Waals surface area (Å²) in [5.74, 6) is 0.750. The Balaban J connectivity index is 1.47. The molecule has 0 aliphatic carbocycles. The van der Waals surface area contributed by atoms with Gasteiger partial charge in [-0.05, 0) is 31.2 Å². The lowest BCUT2D eigenvalue weighted by molar-refractivity contribution is -0.135. The summed E-state index contributed by atoms with van der Waals surface area (Å²) >= 11 is 0. The van der Waals surface area contributed by atoms with Crippen molar-refractivity contribution in [3.8, 4) is 0 Å². The molecule has 1 aliphatic rings. The lowest BCUT2D eigenvalue weighted by Gasteiger charge is -2.27. The molecule has 156 valence electrons. The number of aromatic nitrogens is 2. The first kappa shape index (κ1) is 20.1. The summed E-state index contributed by atoms with van der Waals surface area (Å²) in [6.07, 6.45) is 0.544. The molecular weight excluding hydrogens is 380 g/mol. The smallest absolute Gasteiger partial charge is 0.251 e. The number of rotatable bonds is 6. The summed E-state index contributed by atoms with van der Waals surface area (Å²) in [7, 11) is 0. The Morgan fingerprint density at radius 2 is 1.90 bits per heavy atom. The molecule has 7 heteroatoms. The molecule has 0 saturated carbocycles. The van der Waals surface area contributed by atoms with E-state index in [4.69, 9.17) is 9.72 Å². The molecule has 0 atom stereocenters. The predicted molar refractivity (Wildman–Crippen MR) is 114 cm³/mol. The van der Waals surface area contributed by atoms with E-state index in [1.54, 1.807) is 6.07 Å². The molecule has 0 radical (unpaired) electrons. The van der Waals surface area contributed by atoms with E-state index < -0.39 is 0 Å². The fourth-order valence-electron chi connectivity index (χ4n) is 3.72. The summed E-state index contributed by atoms with van der Waals surface area (Å²) < 4.78 is 7.31. The second kappa shape index (κ2) is 9.09. The van der Waals surface area contributed by atoms with Crippen LogP contribution in [0.5, 0.6) is 0 Å². The van der Waals surface area contributed by atoms with Gasteiger partial charge in [0.05, 0.1) is 24.2 Å². The maximum atomic E-state index is 12.8. The molecule has 7 nitrogen and oxygen atoms in total. The molecule has 1 aromatic heterocycles. The SMILES string of the molecule is Cc1cccc(C(=O)NCCc2nc3ccccc3n2CC(=O)N2CCOCC2)c1. The monoisotopic (exact) mass is 406 g/mol. The largest absolute Gasteiger partial charge is 0.378 e. The maximum absolute atomic E-state index is 12.8. The molecule has 1 fully saturated rings. The minimum absolute atomic E-state index is 0.0616. The number of imidazole rings is 1. The summed E-state index contributed by atoms with van der Waals surface area (Å²) in [5.41, 5.74) is 3.48. The van der Waals surface area contributed by atoms with E-state index in [1.807, 2.05) is 58.9 Å². The lowest BCUT2D eigenvalue weighted by Crippen LogP contribution is -2.42. The van der Waals surface area contributed by atoms with Crippen LogP contribution in [0.25, 0.3) is 11.0 Å². The summed E-state index contributed by atoms with van der Waals surface area (Å²) in [4.78, 5) is 31.8. The second-order valence-corrected chi connectivity index (χ2v) is 7.47. The fraction of sp³-hybridized carbons (Fsp3) is 0.348. The third-order valence-electron chi connectivity index (χ3n) is 5.31. The number of fused-ring (bicyclic) bond motifs is 1. The molecule has 2 aromatic carbocycles. The quantitative estimate of drug-likeness (QED) is 0.681. The average Bonchev–Trinajstić information content (AvgIpc) is 3.11. The third-order valence-corrected chi connectivity index (χ3v) is 5.31. The fourth-order valence-corrected chi connectivity index (χ4v) is 3.72. The van der Waals surface area contributed by atoms with Crippen LogP contribution in [-0.4, -0.2) is 59.1 Å². The number of hydrogen-bond acceptors (Lipinski definition) is 4. The molecule has 3 aromatic rings. The Kier molecular flexibility index (Phi) is 6.09. The number of hydrogen-bond donors (Lipinski definition) is 1. The number of para-hydroxylation sites is 2. The zero-order chi connectivity index (χ0) is 20.9. The second-order valence-electron chi connectivity index (χ2n) is 7.47. The van der Waals surface area contributed by atoms with Crippen LogP contribution >= 0.6 is 0 Å². The van der Waals surface area contributed by atoms with E-state index in [0.717, 1.165) is 22.4 Å². The van der Waals surface area contributed by atoms with Gasteiger partial charge >= 0.3 is 0 Å². The van der Waals surface area contributed by atoms with Gasteiger partial charge in [0, 0.05) is 31.6 Å². The number of nitrogens with one attached hydrogen (secondary N) is 1. The summed E-state index contributed by atoms with van der Waals surface area (Å²) in [5, 5.41) is 2.96. The number of amides is 2. The van der Waals surface area contributed by atoms with Gasteiger partial charge in [0.2, 0.25) is 5.91 Å². The first-order valence-electron chi connectivity index (χ1n) is 10.3. The number of ether oxygens (including phenoxy) is 1. The first-order chi connectivity index (χ1) is 14.6. The molecule has 1 saturated heterocycles. The lowest BCUT2D eigenvalue weighted by atomic mass is 10.1.